The summed E-state index contributed by atoms with van der Waals surface area (Å²) in [5.74, 6) is -0.877. The van der Waals surface area contributed by atoms with Gasteiger partial charge in [0.1, 0.15) is 11.5 Å². The maximum Gasteiger partial charge on any atom is 0.573 e. The van der Waals surface area contributed by atoms with Crippen LogP contribution in [0.3, 0.4) is 0 Å². The van der Waals surface area contributed by atoms with E-state index in [4.69, 9.17) is 4.42 Å². The number of anilines is 1. The van der Waals surface area contributed by atoms with E-state index >= 15 is 0 Å². The van der Waals surface area contributed by atoms with Gasteiger partial charge in [0.2, 0.25) is 0 Å². The molecule has 0 aliphatic rings. The second-order valence-corrected chi connectivity index (χ2v) is 5.50. The molecule has 0 aliphatic carbocycles. The van der Waals surface area contributed by atoms with Crippen molar-refractivity contribution < 1.29 is 32.0 Å². The van der Waals surface area contributed by atoms with Gasteiger partial charge in [-0.05, 0) is 36.4 Å². The zero-order chi connectivity index (χ0) is 20.3. The highest BCUT2D eigenvalue weighted by molar-refractivity contribution is 6.02. The molecule has 3 rings (SSSR count). The number of halogens is 3. The minimum Gasteiger partial charge on any atom is -0.451 e. The minimum atomic E-state index is -4.80. The lowest BCUT2D eigenvalue weighted by Crippen LogP contribution is -2.17. The fraction of sp³-hybridized carbons (Fsp3) is 0.0556. The summed E-state index contributed by atoms with van der Waals surface area (Å²) in [4.78, 5) is 22.5. The number of nitrogens with zero attached hydrogens (tertiary/aromatic N) is 1. The average molecular weight is 392 g/mol. The number of rotatable bonds is 5. The van der Waals surface area contributed by atoms with E-state index in [0.717, 1.165) is 12.1 Å². The summed E-state index contributed by atoms with van der Waals surface area (Å²) in [7, 11) is 0. The van der Waals surface area contributed by atoms with Gasteiger partial charge in [0.05, 0.1) is 4.92 Å². The maximum absolute atomic E-state index is 12.2. The largest absolute Gasteiger partial charge is 0.573 e. The van der Waals surface area contributed by atoms with Crippen molar-refractivity contribution in [2.45, 2.75) is 6.36 Å². The molecule has 10 heteroatoms. The second-order valence-electron chi connectivity index (χ2n) is 5.50. The monoisotopic (exact) mass is 392 g/mol. The number of hydrogen-bond donors (Lipinski definition) is 1. The van der Waals surface area contributed by atoms with Crippen LogP contribution in [0, 0.1) is 10.1 Å². The molecule has 0 unspecified atom stereocenters. The topological polar surface area (TPSA) is 94.6 Å². The number of nitro groups is 1. The van der Waals surface area contributed by atoms with Crippen LogP contribution in [-0.2, 0) is 0 Å². The van der Waals surface area contributed by atoms with Gasteiger partial charge < -0.3 is 14.5 Å². The number of ether oxygens (including phenoxy) is 1. The Balaban J connectivity index is 1.71. The van der Waals surface area contributed by atoms with Gasteiger partial charge in [0, 0.05) is 23.4 Å². The van der Waals surface area contributed by atoms with Crippen molar-refractivity contribution in [3.63, 3.8) is 0 Å². The van der Waals surface area contributed by atoms with Crippen molar-refractivity contribution in [1.29, 1.82) is 0 Å². The summed E-state index contributed by atoms with van der Waals surface area (Å²) in [5.41, 5.74) is 0.524. The number of benzene rings is 2. The molecule has 2 aromatic carbocycles. The van der Waals surface area contributed by atoms with Crippen LogP contribution in [0.2, 0.25) is 0 Å². The molecule has 7 nitrogen and oxygen atoms in total. The molecule has 3 aromatic rings. The Bertz CT molecular complexity index is 1010. The molecule has 0 fully saturated rings. The lowest BCUT2D eigenvalue weighted by molar-refractivity contribution is -0.384. The molecule has 1 heterocycles. The molecule has 1 aromatic heterocycles. The number of non-ortho nitro benzene ring substituents is 1. The first-order valence-corrected chi connectivity index (χ1v) is 7.73. The molecular weight excluding hydrogens is 381 g/mol. The number of nitrogens with one attached hydrogen (secondary N) is 1. The predicted octanol–water partition coefficient (Wildman–Crippen LogP) is 5.01. The van der Waals surface area contributed by atoms with Gasteiger partial charge in [-0.1, -0.05) is 12.1 Å². The summed E-state index contributed by atoms with van der Waals surface area (Å²) in [6, 6.07) is 13.2. The van der Waals surface area contributed by atoms with Gasteiger partial charge in [-0.2, -0.15) is 0 Å². The van der Waals surface area contributed by atoms with E-state index in [2.05, 4.69) is 10.1 Å². The number of nitro benzene ring substituents is 1. The Morgan fingerprint density at radius 2 is 1.79 bits per heavy atom. The van der Waals surface area contributed by atoms with Gasteiger partial charge in [-0.3, -0.25) is 14.9 Å². The smallest absolute Gasteiger partial charge is 0.451 e. The molecule has 0 aliphatic heterocycles. The van der Waals surface area contributed by atoms with Gasteiger partial charge in [0.15, 0.2) is 5.76 Å². The van der Waals surface area contributed by atoms with Gasteiger partial charge in [0.25, 0.3) is 11.6 Å². The fourth-order valence-corrected chi connectivity index (χ4v) is 2.32. The Morgan fingerprint density at radius 1 is 1.07 bits per heavy atom. The number of hydrogen-bond acceptors (Lipinski definition) is 5. The van der Waals surface area contributed by atoms with Gasteiger partial charge in [-0.25, -0.2) is 0 Å². The summed E-state index contributed by atoms with van der Waals surface area (Å²) in [6.45, 7) is 0. The number of carbonyl (C=O) groups excluding carboxylic acids is 1. The molecule has 0 spiro atoms. The van der Waals surface area contributed by atoms with Crippen molar-refractivity contribution in [3.05, 3.63) is 76.5 Å². The SMILES string of the molecule is O=C(Nc1ccc(OC(F)(F)F)cc1)c1ccc(-c2cccc([N+](=O)[O-])c2)o1. The summed E-state index contributed by atoms with van der Waals surface area (Å²) in [5, 5.41) is 13.3. The van der Waals surface area contributed by atoms with E-state index in [9.17, 15) is 28.1 Å². The van der Waals surface area contributed by atoms with Crippen LogP contribution in [0.25, 0.3) is 11.3 Å². The standard InChI is InChI=1S/C18H11F3N2O5/c19-18(20,21)28-14-6-4-12(5-7-14)22-17(24)16-9-8-15(27-16)11-2-1-3-13(10-11)23(25)26/h1-10H,(H,22,24). The Labute approximate surface area is 155 Å². The third kappa shape index (κ3) is 4.67. The van der Waals surface area contributed by atoms with Crippen molar-refractivity contribution in [2.24, 2.45) is 0 Å². The highest BCUT2D eigenvalue weighted by Crippen LogP contribution is 2.27. The van der Waals surface area contributed by atoms with Crippen LogP contribution >= 0.6 is 0 Å². The van der Waals surface area contributed by atoms with E-state index in [1.807, 2.05) is 0 Å². The van der Waals surface area contributed by atoms with Crippen LogP contribution in [0.1, 0.15) is 10.6 Å². The van der Waals surface area contributed by atoms with Crippen LogP contribution in [0.5, 0.6) is 5.75 Å². The lowest BCUT2D eigenvalue weighted by Gasteiger charge is -2.09. The molecule has 0 saturated heterocycles. The van der Waals surface area contributed by atoms with Crippen LogP contribution < -0.4 is 10.1 Å². The van der Waals surface area contributed by atoms with Crippen molar-refractivity contribution >= 4 is 17.3 Å². The first-order valence-electron chi connectivity index (χ1n) is 7.73. The van der Waals surface area contributed by atoms with Crippen LogP contribution in [-0.4, -0.2) is 17.2 Å². The maximum atomic E-state index is 12.2. The van der Waals surface area contributed by atoms with E-state index in [-0.39, 0.29) is 22.9 Å². The molecule has 0 atom stereocenters. The van der Waals surface area contributed by atoms with E-state index in [1.165, 1.54) is 42.5 Å². The Hall–Kier alpha value is -3.82. The molecule has 28 heavy (non-hydrogen) atoms. The van der Waals surface area contributed by atoms with Crippen molar-refractivity contribution in [2.75, 3.05) is 5.32 Å². The van der Waals surface area contributed by atoms with Gasteiger partial charge >= 0.3 is 6.36 Å². The first-order chi connectivity index (χ1) is 13.2. The number of furan rings is 1. The fourth-order valence-electron chi connectivity index (χ4n) is 2.32. The Kier molecular flexibility index (Phi) is 5.03. The summed E-state index contributed by atoms with van der Waals surface area (Å²) in [6.07, 6.45) is -4.80. The quantitative estimate of drug-likeness (QED) is 0.487. The zero-order valence-electron chi connectivity index (χ0n) is 13.9. The number of amides is 1. The molecule has 0 radical (unpaired) electrons. The van der Waals surface area contributed by atoms with E-state index in [1.54, 1.807) is 6.07 Å². The van der Waals surface area contributed by atoms with E-state index < -0.39 is 22.9 Å². The van der Waals surface area contributed by atoms with Gasteiger partial charge in [-0.15, -0.1) is 13.2 Å². The Morgan fingerprint density at radius 3 is 2.43 bits per heavy atom. The third-order valence-corrected chi connectivity index (χ3v) is 3.52. The van der Waals surface area contributed by atoms with Crippen molar-refractivity contribution in [3.8, 4) is 17.1 Å². The zero-order valence-corrected chi connectivity index (χ0v) is 13.9. The van der Waals surface area contributed by atoms with Crippen LogP contribution in [0.4, 0.5) is 24.5 Å². The molecule has 0 saturated carbocycles. The summed E-state index contributed by atoms with van der Waals surface area (Å²) < 4.78 is 45.6. The van der Waals surface area contributed by atoms with Crippen molar-refractivity contribution in [1.82, 2.24) is 0 Å². The summed E-state index contributed by atoms with van der Waals surface area (Å²) >= 11 is 0. The molecular formula is C18H11F3N2O5. The molecule has 144 valence electrons. The number of alkyl halides is 3. The second kappa shape index (κ2) is 7.43. The predicted molar refractivity (Wildman–Crippen MR) is 91.9 cm³/mol. The minimum absolute atomic E-state index is 0.0721. The van der Waals surface area contributed by atoms with Crippen LogP contribution in [0.15, 0.2) is 65.1 Å². The normalized spacial score (nSPS) is 11.1. The highest BCUT2D eigenvalue weighted by atomic mass is 19.4. The molecule has 1 N–H and O–H groups in total. The van der Waals surface area contributed by atoms with E-state index in [0.29, 0.717) is 5.56 Å². The lowest BCUT2D eigenvalue weighted by atomic mass is 10.1. The third-order valence-electron chi connectivity index (χ3n) is 3.52. The average Bonchev–Trinajstić information content (AvgIpc) is 3.12. The molecule has 1 amide bonds. The molecule has 0 bridgehead atoms. The first kappa shape index (κ1) is 19.0. The number of carbonyl (C=O) groups is 1. The highest BCUT2D eigenvalue weighted by Gasteiger charge is 2.31.